The molecule has 0 rings (SSSR count). The van der Waals surface area contributed by atoms with Gasteiger partial charge in [-0.1, -0.05) is 125 Å². The van der Waals surface area contributed by atoms with Crippen molar-refractivity contribution in [1.29, 1.82) is 0 Å². The van der Waals surface area contributed by atoms with E-state index in [1.807, 2.05) is 0 Å². The fraction of sp³-hybridized carbons (Fsp3) is 0.651. The molecule has 272 valence electrons. The Balaban J connectivity index is 3.80. The second kappa shape index (κ2) is 36.9. The fourth-order valence-corrected chi connectivity index (χ4v) is 5.21. The van der Waals surface area contributed by atoms with Crippen LogP contribution in [-0.4, -0.2) is 28.8 Å². The molecule has 0 bridgehead atoms. The minimum absolute atomic E-state index is 0.195. The molecule has 0 aliphatic carbocycles. The van der Waals surface area contributed by atoms with E-state index in [9.17, 15) is 19.5 Å². The molecule has 2 N–H and O–H groups in total. The van der Waals surface area contributed by atoms with Crippen LogP contribution in [0, 0.1) is 0 Å². The van der Waals surface area contributed by atoms with Crippen molar-refractivity contribution in [1.82, 2.24) is 5.32 Å². The van der Waals surface area contributed by atoms with Gasteiger partial charge in [-0.15, -0.1) is 0 Å². The lowest BCUT2D eigenvalue weighted by Crippen LogP contribution is -2.40. The Morgan fingerprint density at radius 3 is 1.27 bits per heavy atom. The van der Waals surface area contributed by atoms with Gasteiger partial charge in [0.1, 0.15) is 11.8 Å². The van der Waals surface area contributed by atoms with Gasteiger partial charge in [0.15, 0.2) is 0 Å². The lowest BCUT2D eigenvalue weighted by molar-refractivity contribution is -0.142. The monoisotopic (exact) mass is 666 g/mol. The predicted octanol–water partition coefficient (Wildman–Crippen LogP) is 12.3. The average Bonchev–Trinajstić information content (AvgIpc) is 3.07. The molecule has 0 aliphatic rings. The van der Waals surface area contributed by atoms with Crippen molar-refractivity contribution in [3.8, 4) is 0 Å². The molecule has 1 atom stereocenters. The number of hydrogen-bond donors (Lipinski definition) is 2. The Bertz CT molecular complexity index is 956. The van der Waals surface area contributed by atoms with Crippen molar-refractivity contribution in [2.24, 2.45) is 0 Å². The average molecular weight is 666 g/mol. The van der Waals surface area contributed by atoms with Gasteiger partial charge < -0.3 is 10.4 Å². The van der Waals surface area contributed by atoms with Crippen LogP contribution >= 0.6 is 0 Å². The summed E-state index contributed by atoms with van der Waals surface area (Å²) in [5, 5.41) is 12.2. The number of carboxylic acid groups (broad SMARTS) is 1. The van der Waals surface area contributed by atoms with E-state index in [0.717, 1.165) is 77.0 Å². The van der Waals surface area contributed by atoms with E-state index in [0.29, 0.717) is 37.9 Å². The summed E-state index contributed by atoms with van der Waals surface area (Å²) in [7, 11) is 0. The lowest BCUT2D eigenvalue weighted by Gasteiger charge is -2.14. The van der Waals surface area contributed by atoms with Crippen LogP contribution in [0.15, 0.2) is 72.9 Å². The Morgan fingerprint density at radius 1 is 0.479 bits per heavy atom. The van der Waals surface area contributed by atoms with Gasteiger partial charge in [-0.2, -0.15) is 0 Å². The van der Waals surface area contributed by atoms with Crippen LogP contribution in [0.3, 0.4) is 0 Å². The van der Waals surface area contributed by atoms with E-state index < -0.39 is 12.0 Å². The second-order valence-corrected chi connectivity index (χ2v) is 12.9. The number of ketones is 1. The molecule has 0 fully saturated rings. The molecule has 0 aliphatic heterocycles. The van der Waals surface area contributed by atoms with Crippen LogP contribution < -0.4 is 5.32 Å². The largest absolute Gasteiger partial charge is 0.480 e. The third-order valence-electron chi connectivity index (χ3n) is 8.22. The Labute approximate surface area is 295 Å². The minimum Gasteiger partial charge on any atom is -0.480 e. The van der Waals surface area contributed by atoms with Crippen LogP contribution in [0.1, 0.15) is 174 Å². The number of unbranched alkanes of at least 4 members (excludes halogenated alkanes) is 12. The maximum atomic E-state index is 12.3. The fourth-order valence-electron chi connectivity index (χ4n) is 5.21. The molecule has 0 saturated carbocycles. The molecule has 0 spiro atoms. The van der Waals surface area contributed by atoms with Gasteiger partial charge in [0.05, 0.1) is 0 Å². The molecule has 48 heavy (non-hydrogen) atoms. The Morgan fingerprint density at radius 2 is 0.854 bits per heavy atom. The van der Waals surface area contributed by atoms with Crippen molar-refractivity contribution >= 4 is 17.7 Å². The quantitative estimate of drug-likeness (QED) is 0.0529. The SMILES string of the molecule is CCCCC/C=C\C/C=C\C/C=C\CCCCC(=O)CCCCC[C@H](NC(=O)CCCC/C=C\C/C=C\C/C=C\CCCCC)C(=O)O. The summed E-state index contributed by atoms with van der Waals surface area (Å²) in [5.41, 5.74) is 0. The van der Waals surface area contributed by atoms with E-state index in [4.69, 9.17) is 0 Å². The number of amides is 1. The molecule has 0 unspecified atom stereocenters. The van der Waals surface area contributed by atoms with Crippen LogP contribution in [0.4, 0.5) is 0 Å². The summed E-state index contributed by atoms with van der Waals surface area (Å²) in [5.74, 6) is -0.891. The van der Waals surface area contributed by atoms with E-state index in [2.05, 4.69) is 92.1 Å². The number of aliphatic carboxylic acids is 1. The number of hydrogen-bond acceptors (Lipinski definition) is 3. The highest BCUT2D eigenvalue weighted by Crippen LogP contribution is 2.11. The van der Waals surface area contributed by atoms with Crippen molar-refractivity contribution < 1.29 is 19.5 Å². The van der Waals surface area contributed by atoms with E-state index in [1.54, 1.807) is 0 Å². The number of nitrogens with one attached hydrogen (secondary N) is 1. The summed E-state index contributed by atoms with van der Waals surface area (Å²) >= 11 is 0. The summed E-state index contributed by atoms with van der Waals surface area (Å²) < 4.78 is 0. The maximum absolute atomic E-state index is 12.3. The number of carbonyl (C=O) groups is 3. The molecule has 0 saturated heterocycles. The first-order chi connectivity index (χ1) is 23.5. The van der Waals surface area contributed by atoms with Crippen molar-refractivity contribution in [2.75, 3.05) is 0 Å². The second-order valence-electron chi connectivity index (χ2n) is 12.9. The van der Waals surface area contributed by atoms with Gasteiger partial charge >= 0.3 is 5.97 Å². The standard InChI is InChI=1S/C43H71NO4/c1-3-5-7-9-11-13-15-17-19-21-23-25-27-29-32-36-40(45)37-33-31-34-38-41(43(47)48)44-42(46)39-35-30-28-26-24-22-20-18-16-14-12-10-8-6-4-2/h11-14,17-20,23-26,41H,3-10,15-16,21-22,27-39H2,1-2H3,(H,44,46)(H,47,48)/b13-11-,14-12-,19-17-,20-18-,25-23-,26-24-/t41-/m0/s1. The number of carbonyl (C=O) groups excluding carboxylic acids is 2. The predicted molar refractivity (Wildman–Crippen MR) is 206 cm³/mol. The lowest BCUT2D eigenvalue weighted by atomic mass is 10.0. The number of Topliss-reactive ketones (excluding diaryl/α,β-unsaturated/α-hetero) is 1. The van der Waals surface area contributed by atoms with Crippen LogP contribution in [-0.2, 0) is 14.4 Å². The molecule has 5 heteroatoms. The third-order valence-corrected chi connectivity index (χ3v) is 8.22. The van der Waals surface area contributed by atoms with Gasteiger partial charge in [-0.05, 0) is 103 Å². The first-order valence-corrected chi connectivity index (χ1v) is 19.4. The highest BCUT2D eigenvalue weighted by molar-refractivity contribution is 5.83. The zero-order chi connectivity index (χ0) is 35.2. The molecule has 5 nitrogen and oxygen atoms in total. The third kappa shape index (κ3) is 34.4. The number of carboxylic acids is 1. The molecule has 0 heterocycles. The van der Waals surface area contributed by atoms with Crippen molar-refractivity contribution in [3.63, 3.8) is 0 Å². The van der Waals surface area contributed by atoms with Gasteiger partial charge in [0.2, 0.25) is 5.91 Å². The highest BCUT2D eigenvalue weighted by Gasteiger charge is 2.19. The van der Waals surface area contributed by atoms with Gasteiger partial charge in [0, 0.05) is 19.3 Å². The summed E-state index contributed by atoms with van der Waals surface area (Å²) in [6.45, 7) is 4.46. The molecule has 0 aromatic carbocycles. The Kier molecular flexibility index (Phi) is 34.6. The topological polar surface area (TPSA) is 83.5 Å². The first-order valence-electron chi connectivity index (χ1n) is 19.4. The molecule has 1 amide bonds. The Hall–Kier alpha value is -2.95. The van der Waals surface area contributed by atoms with Crippen LogP contribution in [0.25, 0.3) is 0 Å². The van der Waals surface area contributed by atoms with Crippen molar-refractivity contribution in [3.05, 3.63) is 72.9 Å². The highest BCUT2D eigenvalue weighted by atomic mass is 16.4. The van der Waals surface area contributed by atoms with Crippen molar-refractivity contribution in [2.45, 2.75) is 180 Å². The zero-order valence-electron chi connectivity index (χ0n) is 30.9. The first kappa shape index (κ1) is 45.0. The van der Waals surface area contributed by atoms with E-state index in [-0.39, 0.29) is 5.91 Å². The zero-order valence-corrected chi connectivity index (χ0v) is 30.9. The van der Waals surface area contributed by atoms with Crippen LogP contribution in [0.2, 0.25) is 0 Å². The smallest absolute Gasteiger partial charge is 0.326 e. The molecular formula is C43H71NO4. The van der Waals surface area contributed by atoms with Gasteiger partial charge in [-0.3, -0.25) is 9.59 Å². The summed E-state index contributed by atoms with van der Waals surface area (Å²) in [6, 6.07) is -0.855. The van der Waals surface area contributed by atoms with Crippen LogP contribution in [0.5, 0.6) is 0 Å². The maximum Gasteiger partial charge on any atom is 0.326 e. The normalized spacial score (nSPS) is 13.0. The summed E-state index contributed by atoms with van der Waals surface area (Å²) in [4.78, 5) is 36.1. The van der Waals surface area contributed by atoms with E-state index in [1.165, 1.54) is 51.4 Å². The van der Waals surface area contributed by atoms with E-state index >= 15 is 0 Å². The summed E-state index contributed by atoms with van der Waals surface area (Å²) in [6.07, 6.45) is 50.3. The van der Waals surface area contributed by atoms with Gasteiger partial charge in [0.25, 0.3) is 0 Å². The molecule has 0 radical (unpaired) electrons. The molecular weight excluding hydrogens is 594 g/mol. The molecule has 0 aromatic rings. The number of rotatable bonds is 34. The van der Waals surface area contributed by atoms with Gasteiger partial charge in [-0.25, -0.2) is 4.79 Å². The number of allylic oxidation sites excluding steroid dienone is 12. The molecule has 0 aromatic heterocycles. The minimum atomic E-state index is -0.988.